The van der Waals surface area contributed by atoms with Gasteiger partial charge in [0, 0.05) is 16.6 Å². The van der Waals surface area contributed by atoms with E-state index in [1.807, 2.05) is 36.4 Å². The second-order valence-corrected chi connectivity index (χ2v) is 8.05. The van der Waals surface area contributed by atoms with Crippen LogP contribution in [0, 0.1) is 11.7 Å². The lowest BCUT2D eigenvalue weighted by Gasteiger charge is -2.09. The molecule has 0 fully saturated rings. The van der Waals surface area contributed by atoms with E-state index in [0.29, 0.717) is 4.77 Å². The molecule has 0 aliphatic heterocycles. The topological polar surface area (TPSA) is 53.6 Å². The Morgan fingerprint density at radius 2 is 1.79 bits per heavy atom. The van der Waals surface area contributed by atoms with E-state index in [0.717, 1.165) is 38.5 Å². The summed E-state index contributed by atoms with van der Waals surface area (Å²) >= 11 is 6.97. The average molecular weight is 401 g/mol. The molecule has 0 saturated heterocycles. The summed E-state index contributed by atoms with van der Waals surface area (Å²) < 4.78 is 1.67. The molecular weight excluding hydrogens is 384 g/mol. The Hall–Kier alpha value is -3.09. The van der Waals surface area contributed by atoms with Gasteiger partial charge in [0.1, 0.15) is 10.8 Å². The van der Waals surface area contributed by atoms with Crippen LogP contribution in [0.5, 0.6) is 0 Å². The third-order valence-electron chi connectivity index (χ3n) is 4.58. The molecule has 6 heteroatoms. The van der Waals surface area contributed by atoms with Crippen LogP contribution in [0.2, 0.25) is 0 Å². The minimum Gasteiger partial charge on any atom is -0.340 e. The first kappa shape index (κ1) is 17.0. The first-order valence-corrected chi connectivity index (χ1v) is 10.1. The molecule has 5 rings (SSSR count). The van der Waals surface area contributed by atoms with Crippen LogP contribution in [-0.4, -0.2) is 15.0 Å². The predicted octanol–water partition coefficient (Wildman–Crippen LogP) is 6.62. The summed E-state index contributed by atoms with van der Waals surface area (Å²) in [6, 6.07) is 22.6. The van der Waals surface area contributed by atoms with Crippen molar-refractivity contribution in [3.8, 4) is 10.6 Å². The number of thiazole rings is 1. The van der Waals surface area contributed by atoms with E-state index < -0.39 is 0 Å². The maximum atomic E-state index is 5.25. The molecule has 0 saturated carbocycles. The summed E-state index contributed by atoms with van der Waals surface area (Å²) in [5.41, 5.74) is 5.32. The van der Waals surface area contributed by atoms with Gasteiger partial charge < -0.3 is 10.3 Å². The Balaban J connectivity index is 1.48. The molecule has 2 aromatic heterocycles. The smallest absolute Gasteiger partial charge is 0.199 e. The fraction of sp³-hybridized carbons (Fsp3) is 0.0455. The molecule has 0 radical (unpaired) electrons. The maximum Gasteiger partial charge on any atom is 0.199 e. The molecule has 28 heavy (non-hydrogen) atoms. The fourth-order valence-corrected chi connectivity index (χ4v) is 4.46. The molecule has 136 valence electrons. The van der Waals surface area contributed by atoms with Crippen LogP contribution in [0.3, 0.4) is 0 Å². The van der Waals surface area contributed by atoms with Crippen LogP contribution in [0.15, 0.2) is 66.7 Å². The Labute approximate surface area is 170 Å². The van der Waals surface area contributed by atoms with Gasteiger partial charge in [-0.1, -0.05) is 18.2 Å². The highest BCUT2D eigenvalue weighted by Crippen LogP contribution is 2.32. The summed E-state index contributed by atoms with van der Waals surface area (Å²) in [5, 5.41) is 5.41. The number of nitrogens with zero attached hydrogens (tertiary/aromatic N) is 2. The van der Waals surface area contributed by atoms with Crippen molar-refractivity contribution in [2.75, 3.05) is 5.32 Å². The molecule has 3 aromatic carbocycles. The zero-order valence-corrected chi connectivity index (χ0v) is 16.7. The first-order valence-electron chi connectivity index (χ1n) is 8.89. The molecule has 0 amide bonds. The van der Waals surface area contributed by atoms with E-state index in [2.05, 4.69) is 52.5 Å². The van der Waals surface area contributed by atoms with Gasteiger partial charge in [-0.3, -0.25) is 0 Å². The van der Waals surface area contributed by atoms with Crippen LogP contribution in [0.25, 0.3) is 31.7 Å². The number of anilines is 2. The lowest BCUT2D eigenvalue weighted by molar-refractivity contribution is 1.18. The van der Waals surface area contributed by atoms with Gasteiger partial charge in [-0.25, -0.2) is 9.97 Å². The van der Waals surface area contributed by atoms with Crippen molar-refractivity contribution >= 4 is 56.2 Å². The Morgan fingerprint density at radius 3 is 2.64 bits per heavy atom. The van der Waals surface area contributed by atoms with Crippen LogP contribution in [0.1, 0.15) is 5.56 Å². The second-order valence-electron chi connectivity index (χ2n) is 6.63. The number of aromatic nitrogens is 3. The van der Waals surface area contributed by atoms with Crippen molar-refractivity contribution in [1.82, 2.24) is 15.0 Å². The SMILES string of the molecule is Cc1ccc2nc(-c3ccc(Nc4nc(=S)[nH]c5ccccc45)cc3)sc2c1. The molecule has 0 aliphatic rings. The highest BCUT2D eigenvalue weighted by Gasteiger charge is 2.08. The lowest BCUT2D eigenvalue weighted by atomic mass is 10.2. The van der Waals surface area contributed by atoms with Crippen molar-refractivity contribution in [2.24, 2.45) is 0 Å². The van der Waals surface area contributed by atoms with Crippen LogP contribution >= 0.6 is 23.6 Å². The molecular formula is C22H16N4S2. The largest absolute Gasteiger partial charge is 0.340 e. The van der Waals surface area contributed by atoms with Gasteiger partial charge in [-0.05, 0) is 73.2 Å². The number of rotatable bonds is 3. The third-order valence-corrected chi connectivity index (χ3v) is 5.84. The van der Waals surface area contributed by atoms with E-state index in [1.54, 1.807) is 11.3 Å². The highest BCUT2D eigenvalue weighted by atomic mass is 32.1. The Morgan fingerprint density at radius 1 is 0.964 bits per heavy atom. The summed E-state index contributed by atoms with van der Waals surface area (Å²) in [6.45, 7) is 2.10. The summed E-state index contributed by atoms with van der Waals surface area (Å²) in [7, 11) is 0. The van der Waals surface area contributed by atoms with Gasteiger partial charge >= 0.3 is 0 Å². The van der Waals surface area contributed by atoms with E-state index in [4.69, 9.17) is 17.2 Å². The molecule has 0 unspecified atom stereocenters. The van der Waals surface area contributed by atoms with E-state index >= 15 is 0 Å². The van der Waals surface area contributed by atoms with Crippen molar-refractivity contribution in [2.45, 2.75) is 6.92 Å². The second kappa shape index (κ2) is 6.82. The quantitative estimate of drug-likeness (QED) is 0.334. The number of fused-ring (bicyclic) bond motifs is 2. The highest BCUT2D eigenvalue weighted by molar-refractivity contribution is 7.71. The number of aryl methyl sites for hydroxylation is 1. The van der Waals surface area contributed by atoms with Crippen LogP contribution in [-0.2, 0) is 0 Å². The van der Waals surface area contributed by atoms with Gasteiger partial charge in [-0.2, -0.15) is 0 Å². The van der Waals surface area contributed by atoms with Gasteiger partial charge in [0.25, 0.3) is 0 Å². The molecule has 2 N–H and O–H groups in total. The molecule has 2 heterocycles. The van der Waals surface area contributed by atoms with Crippen LogP contribution < -0.4 is 5.32 Å². The first-order chi connectivity index (χ1) is 13.7. The zero-order chi connectivity index (χ0) is 19.1. The normalized spacial score (nSPS) is 11.2. The zero-order valence-electron chi connectivity index (χ0n) is 15.1. The average Bonchev–Trinajstić information content (AvgIpc) is 3.11. The van der Waals surface area contributed by atoms with Gasteiger partial charge in [0.05, 0.1) is 15.7 Å². The number of nitrogens with one attached hydrogen (secondary N) is 2. The molecule has 0 atom stereocenters. The summed E-state index contributed by atoms with van der Waals surface area (Å²) in [4.78, 5) is 12.3. The molecule has 4 nitrogen and oxygen atoms in total. The molecule has 0 spiro atoms. The van der Waals surface area contributed by atoms with Gasteiger partial charge in [0.2, 0.25) is 0 Å². The number of hydrogen-bond acceptors (Lipinski definition) is 5. The maximum absolute atomic E-state index is 5.25. The molecule has 0 aliphatic carbocycles. The summed E-state index contributed by atoms with van der Waals surface area (Å²) in [6.07, 6.45) is 0. The molecule has 0 bridgehead atoms. The standard InChI is InChI=1S/C22H16N4S2/c1-13-6-11-18-19(12-13)28-21(24-18)14-7-9-15(10-8-14)23-20-16-4-2-3-5-17(16)25-22(27)26-20/h2-12H,1H3,(H2,23,25,26,27). The van der Waals surface area contributed by atoms with Crippen molar-refractivity contribution in [3.63, 3.8) is 0 Å². The van der Waals surface area contributed by atoms with E-state index in [1.165, 1.54) is 10.3 Å². The Kier molecular flexibility index (Phi) is 4.15. The number of aromatic amines is 1. The van der Waals surface area contributed by atoms with Gasteiger partial charge in [0.15, 0.2) is 4.77 Å². The predicted molar refractivity (Wildman–Crippen MR) is 120 cm³/mol. The monoisotopic (exact) mass is 400 g/mol. The number of benzene rings is 3. The minimum atomic E-state index is 0.461. The van der Waals surface area contributed by atoms with E-state index in [9.17, 15) is 0 Å². The minimum absolute atomic E-state index is 0.461. The summed E-state index contributed by atoms with van der Waals surface area (Å²) in [5.74, 6) is 0.752. The van der Waals surface area contributed by atoms with Gasteiger partial charge in [-0.15, -0.1) is 11.3 Å². The van der Waals surface area contributed by atoms with Crippen molar-refractivity contribution in [1.29, 1.82) is 0 Å². The fourth-order valence-electron chi connectivity index (χ4n) is 3.19. The number of hydrogen-bond donors (Lipinski definition) is 2. The number of para-hydroxylation sites is 1. The van der Waals surface area contributed by atoms with Crippen LogP contribution in [0.4, 0.5) is 11.5 Å². The van der Waals surface area contributed by atoms with Crippen molar-refractivity contribution < 1.29 is 0 Å². The van der Waals surface area contributed by atoms with Crippen molar-refractivity contribution in [3.05, 3.63) is 77.1 Å². The Bertz CT molecular complexity index is 1370. The number of H-pyrrole nitrogens is 1. The lowest BCUT2D eigenvalue weighted by Crippen LogP contribution is -1.97. The molecule has 5 aromatic rings. The third kappa shape index (κ3) is 3.17. The van der Waals surface area contributed by atoms with E-state index in [-0.39, 0.29) is 0 Å².